The van der Waals surface area contributed by atoms with Gasteiger partial charge in [0.05, 0.1) is 11.2 Å². The van der Waals surface area contributed by atoms with E-state index in [4.69, 9.17) is 5.10 Å². The van der Waals surface area contributed by atoms with Gasteiger partial charge in [-0.05, 0) is 37.3 Å². The molecular weight excluding hydrogens is 222 g/mol. The van der Waals surface area contributed by atoms with E-state index in [1.165, 1.54) is 29.4 Å². The summed E-state index contributed by atoms with van der Waals surface area (Å²) in [5.74, 6) is 0. The van der Waals surface area contributed by atoms with Crippen LogP contribution in [0.4, 0.5) is 0 Å². The average Bonchev–Trinajstić information content (AvgIpc) is 3.08. The average molecular weight is 243 g/mol. The number of nitrogens with one attached hydrogen (secondary N) is 1. The van der Waals surface area contributed by atoms with Crippen molar-refractivity contribution in [3.63, 3.8) is 0 Å². The maximum absolute atomic E-state index is 4.71. The number of benzene rings is 1. The summed E-state index contributed by atoms with van der Waals surface area (Å²) in [6.07, 6.45) is 3.79. The first-order valence-electron chi connectivity index (χ1n) is 6.85. The van der Waals surface area contributed by atoms with Crippen molar-refractivity contribution in [1.82, 2.24) is 15.1 Å². The van der Waals surface area contributed by atoms with Crippen molar-refractivity contribution >= 4 is 10.9 Å². The molecular formula is C15H21N3. The molecule has 1 heterocycles. The summed E-state index contributed by atoms with van der Waals surface area (Å²) in [7, 11) is 2.04. The Bertz CT molecular complexity index is 552. The molecule has 3 nitrogen and oxygen atoms in total. The van der Waals surface area contributed by atoms with Gasteiger partial charge in [-0.25, -0.2) is 0 Å². The third-order valence-electron chi connectivity index (χ3n) is 4.08. The summed E-state index contributed by atoms with van der Waals surface area (Å²) in [5, 5.41) is 9.53. The highest BCUT2D eigenvalue weighted by Crippen LogP contribution is 2.48. The molecule has 0 unspecified atom stereocenters. The monoisotopic (exact) mass is 243 g/mol. The van der Waals surface area contributed by atoms with Crippen LogP contribution in [0.1, 0.15) is 25.5 Å². The van der Waals surface area contributed by atoms with Gasteiger partial charge in [-0.2, -0.15) is 5.10 Å². The molecule has 0 aliphatic heterocycles. The van der Waals surface area contributed by atoms with E-state index in [1.807, 2.05) is 11.7 Å². The minimum absolute atomic E-state index is 0.479. The Hall–Kier alpha value is -1.35. The molecule has 18 heavy (non-hydrogen) atoms. The van der Waals surface area contributed by atoms with Gasteiger partial charge < -0.3 is 5.32 Å². The number of aromatic nitrogens is 2. The number of rotatable bonds is 5. The van der Waals surface area contributed by atoms with Crippen LogP contribution in [-0.2, 0) is 13.5 Å². The Morgan fingerprint density at radius 3 is 2.83 bits per heavy atom. The predicted molar refractivity (Wildman–Crippen MR) is 74.6 cm³/mol. The highest BCUT2D eigenvalue weighted by molar-refractivity contribution is 5.81. The molecule has 3 heteroatoms. The molecule has 0 saturated heterocycles. The fourth-order valence-electron chi connectivity index (χ4n) is 2.76. The molecule has 96 valence electrons. The molecule has 1 aromatic carbocycles. The van der Waals surface area contributed by atoms with Gasteiger partial charge in [0.2, 0.25) is 0 Å². The number of aryl methyl sites for hydroxylation is 1. The molecule has 0 radical (unpaired) electrons. The van der Waals surface area contributed by atoms with Crippen molar-refractivity contribution in [3.8, 4) is 0 Å². The number of fused-ring (bicyclic) bond motifs is 1. The second kappa shape index (κ2) is 4.39. The maximum Gasteiger partial charge on any atom is 0.0709 e. The molecule has 1 aromatic heterocycles. The summed E-state index contributed by atoms with van der Waals surface area (Å²) < 4.78 is 2.01. The van der Waals surface area contributed by atoms with E-state index in [0.717, 1.165) is 19.5 Å². The number of nitrogens with zero attached hydrogens (tertiary/aromatic N) is 2. The summed E-state index contributed by atoms with van der Waals surface area (Å²) in [4.78, 5) is 0. The second-order valence-corrected chi connectivity index (χ2v) is 5.54. The Morgan fingerprint density at radius 1 is 1.33 bits per heavy atom. The quantitative estimate of drug-likeness (QED) is 0.874. The van der Waals surface area contributed by atoms with Crippen LogP contribution in [-0.4, -0.2) is 22.9 Å². The molecule has 1 N–H and O–H groups in total. The topological polar surface area (TPSA) is 29.9 Å². The van der Waals surface area contributed by atoms with E-state index in [9.17, 15) is 0 Å². The van der Waals surface area contributed by atoms with Crippen LogP contribution in [0.25, 0.3) is 10.9 Å². The molecule has 1 aliphatic rings. The minimum atomic E-state index is 0.479. The van der Waals surface area contributed by atoms with Gasteiger partial charge in [0.15, 0.2) is 0 Å². The fourth-order valence-corrected chi connectivity index (χ4v) is 2.76. The van der Waals surface area contributed by atoms with Crippen molar-refractivity contribution in [2.45, 2.75) is 26.2 Å². The highest BCUT2D eigenvalue weighted by atomic mass is 15.3. The van der Waals surface area contributed by atoms with Crippen molar-refractivity contribution in [1.29, 1.82) is 0 Å². The molecule has 0 amide bonds. The lowest BCUT2D eigenvalue weighted by molar-refractivity contribution is 0.457. The van der Waals surface area contributed by atoms with Crippen molar-refractivity contribution in [2.24, 2.45) is 12.5 Å². The number of para-hydroxylation sites is 1. The van der Waals surface area contributed by atoms with E-state index in [0.29, 0.717) is 5.41 Å². The third-order valence-corrected chi connectivity index (χ3v) is 4.08. The molecule has 1 fully saturated rings. The van der Waals surface area contributed by atoms with Crippen LogP contribution in [0.15, 0.2) is 24.3 Å². The largest absolute Gasteiger partial charge is 0.316 e. The smallest absolute Gasteiger partial charge is 0.0709 e. The van der Waals surface area contributed by atoms with Crippen LogP contribution < -0.4 is 5.32 Å². The zero-order valence-corrected chi connectivity index (χ0v) is 11.2. The first kappa shape index (κ1) is 11.7. The molecule has 1 aliphatic carbocycles. The van der Waals surface area contributed by atoms with Gasteiger partial charge in [-0.3, -0.25) is 4.68 Å². The first-order valence-corrected chi connectivity index (χ1v) is 6.85. The summed E-state index contributed by atoms with van der Waals surface area (Å²) in [5.41, 5.74) is 2.99. The van der Waals surface area contributed by atoms with Gasteiger partial charge >= 0.3 is 0 Å². The van der Waals surface area contributed by atoms with E-state index < -0.39 is 0 Å². The van der Waals surface area contributed by atoms with Crippen LogP contribution in [0, 0.1) is 5.41 Å². The Morgan fingerprint density at radius 2 is 2.11 bits per heavy atom. The Balaban J connectivity index is 1.87. The molecule has 2 aromatic rings. The van der Waals surface area contributed by atoms with Gasteiger partial charge in [0.1, 0.15) is 0 Å². The Labute approximate surface area is 108 Å². The van der Waals surface area contributed by atoms with E-state index in [-0.39, 0.29) is 0 Å². The van der Waals surface area contributed by atoms with E-state index in [1.54, 1.807) is 0 Å². The van der Waals surface area contributed by atoms with Crippen LogP contribution in [0.2, 0.25) is 0 Å². The van der Waals surface area contributed by atoms with Crippen molar-refractivity contribution in [2.75, 3.05) is 13.1 Å². The molecule has 0 atom stereocenters. The van der Waals surface area contributed by atoms with E-state index >= 15 is 0 Å². The fraction of sp³-hybridized carbons (Fsp3) is 0.533. The van der Waals surface area contributed by atoms with Gasteiger partial charge in [0.25, 0.3) is 0 Å². The van der Waals surface area contributed by atoms with Crippen molar-refractivity contribution in [3.05, 3.63) is 30.0 Å². The lowest BCUT2D eigenvalue weighted by Gasteiger charge is -2.13. The zero-order valence-electron chi connectivity index (χ0n) is 11.2. The Kier molecular flexibility index (Phi) is 2.86. The first-order chi connectivity index (χ1) is 8.74. The SMILES string of the molecule is CCNCC1(Cc2nn(C)c3ccccc23)CC1. The maximum atomic E-state index is 4.71. The molecule has 0 bridgehead atoms. The number of hydrogen-bond donors (Lipinski definition) is 1. The van der Waals surface area contributed by atoms with Gasteiger partial charge in [-0.15, -0.1) is 0 Å². The van der Waals surface area contributed by atoms with Gasteiger partial charge in [0, 0.05) is 19.0 Å². The zero-order chi connectivity index (χ0) is 12.6. The standard InChI is InChI=1S/C15H21N3/c1-3-16-11-15(8-9-15)10-13-12-6-4-5-7-14(12)18(2)17-13/h4-7,16H,3,8-11H2,1-2H3. The summed E-state index contributed by atoms with van der Waals surface area (Å²) in [6.45, 7) is 4.37. The van der Waals surface area contributed by atoms with Crippen LogP contribution in [0.3, 0.4) is 0 Å². The predicted octanol–water partition coefficient (Wildman–Crippen LogP) is 2.51. The second-order valence-electron chi connectivity index (χ2n) is 5.54. The molecule has 1 saturated carbocycles. The third kappa shape index (κ3) is 2.03. The highest BCUT2D eigenvalue weighted by Gasteiger charge is 2.42. The molecule has 3 rings (SSSR count). The van der Waals surface area contributed by atoms with Crippen molar-refractivity contribution < 1.29 is 0 Å². The summed E-state index contributed by atoms with van der Waals surface area (Å²) in [6, 6.07) is 8.54. The number of hydrogen-bond acceptors (Lipinski definition) is 2. The van der Waals surface area contributed by atoms with E-state index in [2.05, 4.69) is 36.5 Å². The van der Waals surface area contributed by atoms with Crippen LogP contribution >= 0.6 is 0 Å². The molecule has 0 spiro atoms. The summed E-state index contributed by atoms with van der Waals surface area (Å²) >= 11 is 0. The normalized spacial score (nSPS) is 17.2. The lowest BCUT2D eigenvalue weighted by atomic mass is 9.98. The van der Waals surface area contributed by atoms with Crippen LogP contribution in [0.5, 0.6) is 0 Å². The lowest BCUT2D eigenvalue weighted by Crippen LogP contribution is -2.25. The minimum Gasteiger partial charge on any atom is -0.316 e. The van der Waals surface area contributed by atoms with Gasteiger partial charge in [-0.1, -0.05) is 25.1 Å².